The highest BCUT2D eigenvalue weighted by Crippen LogP contribution is 2.19. The third-order valence-electron chi connectivity index (χ3n) is 5.03. The Labute approximate surface area is 199 Å². The maximum Gasteiger partial charge on any atom is 0.318 e. The van der Waals surface area contributed by atoms with Crippen molar-refractivity contribution in [2.75, 3.05) is 26.7 Å². The molecule has 5 nitrogen and oxygen atoms in total. The number of ether oxygens (including phenoxy) is 1. The van der Waals surface area contributed by atoms with Crippen molar-refractivity contribution in [1.29, 1.82) is 0 Å². The summed E-state index contributed by atoms with van der Waals surface area (Å²) < 4.78 is 97.2. The Morgan fingerprint density at radius 3 is 2.48 bits per heavy atom. The van der Waals surface area contributed by atoms with Gasteiger partial charge in [-0.3, -0.25) is 0 Å². The highest BCUT2D eigenvalue weighted by molar-refractivity contribution is 5.74. The number of benzene rings is 2. The Balaban J connectivity index is 1.74. The fraction of sp³-hybridized carbons (Fsp3) is 0.480. The Bertz CT molecular complexity index is 1150. The van der Waals surface area contributed by atoms with E-state index in [2.05, 4.69) is 10.2 Å². The van der Waals surface area contributed by atoms with Crippen LogP contribution in [0.15, 0.2) is 48.5 Å². The standard InChI is InChI=1S/C25H34FN3O2/c1-19(2)18-31-24-10-6-20(7-11-24)16-27-25(30)29(23-12-14-28(3)15-13-23)17-21-4-8-22(26)9-5-21/h4-11,19,23H,12-18H2,1-3H3,(H,27,30)/i1D3,2D3,17D2,18D2. The van der Waals surface area contributed by atoms with E-state index in [1.807, 2.05) is 7.05 Å². The van der Waals surface area contributed by atoms with E-state index in [1.54, 1.807) is 0 Å². The average molecular weight is 438 g/mol. The molecular formula is C25H34FN3O2. The van der Waals surface area contributed by atoms with Crippen LogP contribution in [-0.4, -0.2) is 48.6 Å². The number of halogens is 1. The van der Waals surface area contributed by atoms with Gasteiger partial charge in [0, 0.05) is 27.3 Å². The molecule has 0 radical (unpaired) electrons. The molecule has 168 valence electrons. The number of nitrogens with one attached hydrogen (secondary N) is 1. The molecule has 0 saturated carbocycles. The van der Waals surface area contributed by atoms with Crippen molar-refractivity contribution in [3.05, 3.63) is 65.5 Å². The van der Waals surface area contributed by atoms with E-state index in [1.165, 1.54) is 36.4 Å². The van der Waals surface area contributed by atoms with Crippen molar-refractivity contribution in [2.24, 2.45) is 5.92 Å². The van der Waals surface area contributed by atoms with Crippen LogP contribution in [0, 0.1) is 11.7 Å². The van der Waals surface area contributed by atoms with E-state index < -0.39 is 50.6 Å². The molecule has 0 aliphatic carbocycles. The van der Waals surface area contributed by atoms with Gasteiger partial charge in [-0.2, -0.15) is 0 Å². The molecule has 2 amide bonds. The molecule has 0 bridgehead atoms. The number of piperidine rings is 1. The van der Waals surface area contributed by atoms with E-state index in [4.69, 9.17) is 18.4 Å². The number of carbonyl (C=O) groups excluding carboxylic acids is 1. The second-order valence-corrected chi connectivity index (χ2v) is 7.48. The number of hydrogen-bond acceptors (Lipinski definition) is 3. The molecule has 0 spiro atoms. The minimum absolute atomic E-state index is 0.0260. The number of carbonyl (C=O) groups is 1. The highest BCUT2D eigenvalue weighted by Gasteiger charge is 2.27. The molecule has 1 N–H and O–H groups in total. The molecule has 1 aliphatic heterocycles. The Kier molecular flexibility index (Phi) is 4.70. The maximum atomic E-state index is 13.5. The van der Waals surface area contributed by atoms with Crippen LogP contribution in [0.5, 0.6) is 5.75 Å². The van der Waals surface area contributed by atoms with Crippen molar-refractivity contribution in [3.63, 3.8) is 0 Å². The van der Waals surface area contributed by atoms with Crippen LogP contribution < -0.4 is 10.1 Å². The van der Waals surface area contributed by atoms with Gasteiger partial charge in [0.25, 0.3) is 0 Å². The zero-order valence-corrected chi connectivity index (χ0v) is 17.4. The zero-order chi connectivity index (χ0) is 30.8. The van der Waals surface area contributed by atoms with E-state index in [9.17, 15) is 9.18 Å². The molecule has 6 heteroatoms. The summed E-state index contributed by atoms with van der Waals surface area (Å²) in [4.78, 5) is 16.7. The lowest BCUT2D eigenvalue weighted by molar-refractivity contribution is 0.127. The van der Waals surface area contributed by atoms with Crippen molar-refractivity contribution >= 4 is 6.03 Å². The van der Waals surface area contributed by atoms with E-state index >= 15 is 0 Å². The van der Waals surface area contributed by atoms with Gasteiger partial charge in [-0.05, 0) is 74.3 Å². The Morgan fingerprint density at radius 2 is 1.84 bits per heavy atom. The fourth-order valence-corrected chi connectivity index (χ4v) is 3.29. The molecule has 3 rings (SSSR count). The molecule has 1 heterocycles. The largest absolute Gasteiger partial charge is 0.493 e. The van der Waals surface area contributed by atoms with Crippen LogP contribution in [0.4, 0.5) is 9.18 Å². The SMILES string of the molecule is [2H]C([2H])([2H])C(C([2H])([2H])[2H])C([2H])([2H])Oc1ccc(CNC(=O)N(C2CCN(C)CC2)C([2H])([2H])c2ccc(F)cc2)cc1. The Hall–Kier alpha value is -2.60. The molecule has 1 fully saturated rings. The second-order valence-electron chi connectivity index (χ2n) is 7.48. The van der Waals surface area contributed by atoms with Gasteiger partial charge in [0.1, 0.15) is 11.6 Å². The second kappa shape index (κ2) is 11.1. The number of nitrogens with zero attached hydrogens (tertiary/aromatic N) is 2. The van der Waals surface area contributed by atoms with Crippen molar-refractivity contribution in [2.45, 2.75) is 45.6 Å². The van der Waals surface area contributed by atoms with Crippen LogP contribution in [0.25, 0.3) is 0 Å². The molecule has 1 aliphatic rings. The van der Waals surface area contributed by atoms with Gasteiger partial charge in [0.05, 0.1) is 12.0 Å². The minimum atomic E-state index is -3.14. The lowest BCUT2D eigenvalue weighted by atomic mass is 10.0. The summed E-state index contributed by atoms with van der Waals surface area (Å²) in [5.74, 6) is -3.01. The van der Waals surface area contributed by atoms with Gasteiger partial charge in [-0.1, -0.05) is 38.0 Å². The summed E-state index contributed by atoms with van der Waals surface area (Å²) >= 11 is 0. The summed E-state index contributed by atoms with van der Waals surface area (Å²) in [6.45, 7) is -10.2. The van der Waals surface area contributed by atoms with Crippen molar-refractivity contribution in [3.8, 4) is 5.75 Å². The van der Waals surface area contributed by atoms with Gasteiger partial charge in [-0.25, -0.2) is 9.18 Å². The van der Waals surface area contributed by atoms with E-state index in [-0.39, 0.29) is 17.9 Å². The van der Waals surface area contributed by atoms with Crippen LogP contribution >= 0.6 is 0 Å². The highest BCUT2D eigenvalue weighted by atomic mass is 19.1. The summed E-state index contributed by atoms with van der Waals surface area (Å²) in [5, 5.41) is 2.72. The summed E-state index contributed by atoms with van der Waals surface area (Å²) in [6.07, 6.45) is 1.10. The van der Waals surface area contributed by atoms with Gasteiger partial charge >= 0.3 is 6.03 Å². The topological polar surface area (TPSA) is 44.8 Å². The maximum absolute atomic E-state index is 13.5. The summed E-state index contributed by atoms with van der Waals surface area (Å²) in [6, 6.07) is 9.45. The van der Waals surface area contributed by atoms with Crippen LogP contribution in [0.2, 0.25) is 0 Å². The van der Waals surface area contributed by atoms with Crippen LogP contribution in [0.3, 0.4) is 0 Å². The lowest BCUT2D eigenvalue weighted by Crippen LogP contribution is -2.49. The Morgan fingerprint density at radius 1 is 1.19 bits per heavy atom. The first-order valence-electron chi connectivity index (χ1n) is 15.1. The number of rotatable bonds is 8. The first-order valence-corrected chi connectivity index (χ1v) is 10.1. The smallest absolute Gasteiger partial charge is 0.318 e. The predicted octanol–water partition coefficient (Wildman–Crippen LogP) is 4.67. The number of hydrogen-bond donors (Lipinski definition) is 1. The molecule has 31 heavy (non-hydrogen) atoms. The average Bonchev–Trinajstić information content (AvgIpc) is 2.82. The van der Waals surface area contributed by atoms with Crippen molar-refractivity contribution in [1.82, 2.24) is 15.1 Å². The summed E-state index contributed by atoms with van der Waals surface area (Å²) in [7, 11) is 1.94. The molecular weight excluding hydrogens is 393 g/mol. The monoisotopic (exact) mass is 437 g/mol. The number of amides is 2. The molecule has 2 aromatic carbocycles. The lowest BCUT2D eigenvalue weighted by Gasteiger charge is -2.37. The molecule has 1 saturated heterocycles. The molecule has 2 aromatic rings. The fourth-order valence-electron chi connectivity index (χ4n) is 3.29. The number of urea groups is 1. The first-order chi connectivity index (χ1) is 18.8. The quantitative estimate of drug-likeness (QED) is 0.653. The summed E-state index contributed by atoms with van der Waals surface area (Å²) in [5.41, 5.74) is 0.677. The molecule has 0 unspecified atom stereocenters. The first kappa shape index (κ1) is 13.1. The van der Waals surface area contributed by atoms with Crippen LogP contribution in [-0.2, 0) is 13.0 Å². The van der Waals surface area contributed by atoms with Gasteiger partial charge in [-0.15, -0.1) is 0 Å². The third kappa shape index (κ3) is 7.24. The predicted molar refractivity (Wildman–Crippen MR) is 121 cm³/mol. The van der Waals surface area contributed by atoms with E-state index in [0.717, 1.165) is 17.0 Å². The van der Waals surface area contributed by atoms with Crippen molar-refractivity contribution < 1.29 is 27.6 Å². The normalized spacial score (nSPS) is 21.6. The zero-order valence-electron chi connectivity index (χ0n) is 27.4. The van der Waals surface area contributed by atoms with Gasteiger partial charge in [0.2, 0.25) is 0 Å². The van der Waals surface area contributed by atoms with Gasteiger partial charge in [0.15, 0.2) is 0 Å². The third-order valence-corrected chi connectivity index (χ3v) is 5.03. The van der Waals surface area contributed by atoms with Crippen LogP contribution in [0.1, 0.15) is 51.4 Å². The van der Waals surface area contributed by atoms with E-state index in [0.29, 0.717) is 31.5 Å². The molecule has 0 aromatic heterocycles. The van der Waals surface area contributed by atoms with Gasteiger partial charge < -0.3 is 19.9 Å². The molecule has 0 atom stereocenters. The number of likely N-dealkylation sites (tertiary alicyclic amines) is 1. The minimum Gasteiger partial charge on any atom is -0.493 e.